The molecule has 0 aromatic carbocycles. The minimum Gasteiger partial charge on any atom is -0.393 e. The van der Waals surface area contributed by atoms with Crippen LogP contribution in [0.1, 0.15) is 112 Å². The maximum Gasteiger partial charge on any atom is 0.0577 e. The molecule has 0 heterocycles. The molecule has 0 radical (unpaired) electrons. The molecular formula is C31H52O. The Labute approximate surface area is 199 Å². The Morgan fingerprint density at radius 3 is 2.50 bits per heavy atom. The first kappa shape index (κ1) is 23.4. The van der Waals surface area contributed by atoms with Crippen LogP contribution in [-0.4, -0.2) is 11.2 Å². The van der Waals surface area contributed by atoms with Crippen LogP contribution < -0.4 is 0 Å². The van der Waals surface area contributed by atoms with Crippen LogP contribution in [0.15, 0.2) is 11.6 Å². The largest absolute Gasteiger partial charge is 0.393 e. The molecule has 0 aromatic rings. The van der Waals surface area contributed by atoms with Gasteiger partial charge in [-0.05, 0) is 122 Å². The van der Waals surface area contributed by atoms with E-state index in [1.807, 2.05) is 0 Å². The molecule has 0 bridgehead atoms. The highest BCUT2D eigenvalue weighted by atomic mass is 16.3. The highest BCUT2D eigenvalue weighted by molar-refractivity contribution is 5.25. The van der Waals surface area contributed by atoms with Gasteiger partial charge in [-0.2, -0.15) is 0 Å². The molecule has 0 saturated heterocycles. The lowest BCUT2D eigenvalue weighted by molar-refractivity contribution is -0.0586. The van der Waals surface area contributed by atoms with Crippen molar-refractivity contribution in [2.24, 2.45) is 64.1 Å². The molecule has 5 rings (SSSR count). The first-order valence-corrected chi connectivity index (χ1v) is 14.6. The number of hydrogen-bond acceptors (Lipinski definition) is 1. The van der Waals surface area contributed by atoms with Crippen molar-refractivity contribution < 1.29 is 5.11 Å². The first-order chi connectivity index (χ1) is 15.2. The lowest BCUT2D eigenvalue weighted by Crippen LogP contribution is -2.51. The van der Waals surface area contributed by atoms with Crippen molar-refractivity contribution in [1.29, 1.82) is 0 Å². The quantitative estimate of drug-likeness (QED) is 0.412. The Hall–Kier alpha value is -0.300. The summed E-state index contributed by atoms with van der Waals surface area (Å²) < 4.78 is 0. The molecule has 1 nitrogen and oxygen atoms in total. The highest BCUT2D eigenvalue weighted by Crippen LogP contribution is 2.69. The summed E-state index contributed by atoms with van der Waals surface area (Å²) in [5.41, 5.74) is 2.60. The van der Waals surface area contributed by atoms with Crippen LogP contribution in [-0.2, 0) is 0 Å². The van der Waals surface area contributed by atoms with Crippen molar-refractivity contribution in [2.75, 3.05) is 0 Å². The molecule has 0 amide bonds. The van der Waals surface area contributed by atoms with Crippen molar-refractivity contribution >= 4 is 0 Å². The number of fused-ring (bicyclic) bond motifs is 5. The summed E-state index contributed by atoms with van der Waals surface area (Å²) in [6, 6.07) is 0. The zero-order valence-corrected chi connectivity index (χ0v) is 22.1. The molecule has 182 valence electrons. The molecule has 1 N–H and O–H groups in total. The van der Waals surface area contributed by atoms with E-state index in [0.717, 1.165) is 66.1 Å². The Morgan fingerprint density at radius 1 is 1.00 bits per heavy atom. The maximum atomic E-state index is 10.3. The summed E-state index contributed by atoms with van der Waals surface area (Å²) in [6.07, 6.45) is 17.3. The van der Waals surface area contributed by atoms with Gasteiger partial charge in [0.15, 0.2) is 0 Å². The van der Waals surface area contributed by atoms with Crippen molar-refractivity contribution in [3.63, 3.8) is 0 Å². The van der Waals surface area contributed by atoms with Gasteiger partial charge in [0, 0.05) is 0 Å². The maximum absolute atomic E-state index is 10.3. The summed E-state index contributed by atoms with van der Waals surface area (Å²) in [4.78, 5) is 0. The van der Waals surface area contributed by atoms with E-state index < -0.39 is 0 Å². The monoisotopic (exact) mass is 440 g/mol. The van der Waals surface area contributed by atoms with Gasteiger partial charge in [0.1, 0.15) is 0 Å². The van der Waals surface area contributed by atoms with E-state index in [9.17, 15) is 5.11 Å². The fourth-order valence-corrected chi connectivity index (χ4v) is 10.6. The molecule has 11 atom stereocenters. The summed E-state index contributed by atoms with van der Waals surface area (Å²) in [6.45, 7) is 15.3. The lowest BCUT2D eigenvalue weighted by Gasteiger charge is -2.58. The number of aliphatic hydroxyl groups is 1. The Balaban J connectivity index is 1.31. The van der Waals surface area contributed by atoms with Crippen molar-refractivity contribution in [2.45, 2.75) is 118 Å². The molecule has 3 unspecified atom stereocenters. The van der Waals surface area contributed by atoms with Gasteiger partial charge in [0.05, 0.1) is 6.10 Å². The molecule has 0 aromatic heterocycles. The molecule has 0 aliphatic heterocycles. The number of allylic oxidation sites excluding steroid dienone is 1. The third kappa shape index (κ3) is 3.58. The van der Waals surface area contributed by atoms with Crippen LogP contribution in [0.3, 0.4) is 0 Å². The summed E-state index contributed by atoms with van der Waals surface area (Å²) in [5, 5.41) is 10.3. The van der Waals surface area contributed by atoms with E-state index in [1.54, 1.807) is 5.57 Å². The Morgan fingerprint density at radius 2 is 1.78 bits per heavy atom. The Kier molecular flexibility index (Phi) is 6.17. The molecule has 32 heavy (non-hydrogen) atoms. The average molecular weight is 441 g/mol. The standard InChI is InChI=1S/C31H52O/c1-7-8-23(19(2)3)26-18-25(26)20(4)27-11-12-28-24-10-9-21-17-22(32)13-15-30(21,5)29(24)14-16-31(27,28)6/h9,19-20,22-29,32H,7-8,10-18H2,1-6H3/t20-,22+,23-,24?,25+,26+,27-,28?,29?,30+,31-/m1/s1. The van der Waals surface area contributed by atoms with Gasteiger partial charge in [0.2, 0.25) is 0 Å². The molecule has 5 aliphatic rings. The lowest BCUT2D eigenvalue weighted by atomic mass is 9.47. The van der Waals surface area contributed by atoms with Gasteiger partial charge >= 0.3 is 0 Å². The number of rotatable bonds is 6. The summed E-state index contributed by atoms with van der Waals surface area (Å²) >= 11 is 0. The van der Waals surface area contributed by atoms with Gasteiger partial charge in [-0.25, -0.2) is 0 Å². The van der Waals surface area contributed by atoms with E-state index in [1.165, 1.54) is 57.8 Å². The summed E-state index contributed by atoms with van der Waals surface area (Å²) in [7, 11) is 0. The van der Waals surface area contributed by atoms with Crippen LogP contribution >= 0.6 is 0 Å². The first-order valence-electron chi connectivity index (χ1n) is 14.6. The normalized spacial score (nSPS) is 49.6. The second-order valence-electron chi connectivity index (χ2n) is 14.0. The predicted molar refractivity (Wildman–Crippen MR) is 135 cm³/mol. The van der Waals surface area contributed by atoms with Crippen LogP contribution in [0.2, 0.25) is 0 Å². The average Bonchev–Trinajstić information content (AvgIpc) is 3.45. The highest BCUT2D eigenvalue weighted by Gasteiger charge is 2.61. The van der Waals surface area contributed by atoms with Gasteiger partial charge in [-0.1, -0.05) is 66.0 Å². The molecular weight excluding hydrogens is 388 g/mol. The minimum atomic E-state index is -0.0784. The van der Waals surface area contributed by atoms with Crippen molar-refractivity contribution in [3.8, 4) is 0 Å². The fourth-order valence-electron chi connectivity index (χ4n) is 10.6. The topological polar surface area (TPSA) is 20.2 Å². The van der Waals surface area contributed by atoms with Crippen LogP contribution in [0, 0.1) is 64.1 Å². The predicted octanol–water partition coefficient (Wildman–Crippen LogP) is 8.27. The smallest absolute Gasteiger partial charge is 0.0577 e. The fraction of sp³-hybridized carbons (Fsp3) is 0.935. The van der Waals surface area contributed by atoms with Gasteiger partial charge < -0.3 is 5.11 Å². The molecule has 4 saturated carbocycles. The molecule has 5 aliphatic carbocycles. The van der Waals surface area contributed by atoms with E-state index >= 15 is 0 Å². The second-order valence-corrected chi connectivity index (χ2v) is 14.0. The van der Waals surface area contributed by atoms with E-state index in [2.05, 4.69) is 47.6 Å². The molecule has 0 spiro atoms. The van der Waals surface area contributed by atoms with E-state index in [0.29, 0.717) is 10.8 Å². The third-order valence-electron chi connectivity index (χ3n) is 12.4. The van der Waals surface area contributed by atoms with E-state index in [4.69, 9.17) is 0 Å². The number of aliphatic hydroxyl groups excluding tert-OH is 1. The van der Waals surface area contributed by atoms with Crippen LogP contribution in [0.25, 0.3) is 0 Å². The van der Waals surface area contributed by atoms with Gasteiger partial charge in [0.25, 0.3) is 0 Å². The van der Waals surface area contributed by atoms with E-state index in [-0.39, 0.29) is 6.10 Å². The molecule has 1 heteroatoms. The van der Waals surface area contributed by atoms with Crippen LogP contribution in [0.4, 0.5) is 0 Å². The Bertz CT molecular complexity index is 722. The van der Waals surface area contributed by atoms with Gasteiger partial charge in [-0.3, -0.25) is 0 Å². The number of hydrogen-bond donors (Lipinski definition) is 1. The minimum absolute atomic E-state index is 0.0784. The van der Waals surface area contributed by atoms with Gasteiger partial charge in [-0.15, -0.1) is 0 Å². The zero-order valence-electron chi connectivity index (χ0n) is 22.1. The van der Waals surface area contributed by atoms with Crippen LogP contribution in [0.5, 0.6) is 0 Å². The molecule has 4 fully saturated rings. The second kappa shape index (κ2) is 8.42. The van der Waals surface area contributed by atoms with Crippen molar-refractivity contribution in [3.05, 3.63) is 11.6 Å². The van der Waals surface area contributed by atoms with Crippen molar-refractivity contribution in [1.82, 2.24) is 0 Å². The third-order valence-corrected chi connectivity index (χ3v) is 12.4. The summed E-state index contributed by atoms with van der Waals surface area (Å²) in [5.74, 6) is 8.50. The SMILES string of the molecule is CCC[C@H](C(C)C)[C@@H]1C[C@H]1[C@@H](C)[C@H]1CCC2C3CC=C4C[C@@H](O)CC[C@]4(C)C3CC[C@@]21C. The zero-order chi connectivity index (χ0) is 22.8.